The maximum atomic E-state index is 11.9. The average molecular weight is 300 g/mol. The Morgan fingerprint density at radius 2 is 2.33 bits per heavy atom. The number of nitrogens with zero attached hydrogens (tertiary/aromatic N) is 1. The summed E-state index contributed by atoms with van der Waals surface area (Å²) < 4.78 is 5.52. The van der Waals surface area contributed by atoms with E-state index in [2.05, 4.69) is 23.3 Å². The van der Waals surface area contributed by atoms with Crippen LogP contribution in [-0.4, -0.2) is 17.5 Å². The standard InChI is InChI=1S/C16H16N2O2S/c1-9-6-12(9)15(19)18-16-17-13(8-21-16)10-2-3-14-11(7-10)4-5-20-14/h2-3,7-9,12H,4-6H2,1H3,(H,17,18,19). The summed E-state index contributed by atoms with van der Waals surface area (Å²) in [6.07, 6.45) is 1.95. The number of thiazole rings is 1. The third-order valence-electron chi connectivity index (χ3n) is 4.17. The van der Waals surface area contributed by atoms with Crippen LogP contribution in [0, 0.1) is 11.8 Å². The number of rotatable bonds is 3. The monoisotopic (exact) mass is 300 g/mol. The van der Waals surface area contributed by atoms with Crippen molar-refractivity contribution in [3.05, 3.63) is 29.1 Å². The number of amides is 1. The molecule has 1 aliphatic carbocycles. The van der Waals surface area contributed by atoms with E-state index in [1.165, 1.54) is 16.9 Å². The van der Waals surface area contributed by atoms with Crippen molar-refractivity contribution in [2.45, 2.75) is 19.8 Å². The van der Waals surface area contributed by atoms with Gasteiger partial charge < -0.3 is 10.1 Å². The van der Waals surface area contributed by atoms with E-state index < -0.39 is 0 Å². The quantitative estimate of drug-likeness (QED) is 0.946. The summed E-state index contributed by atoms with van der Waals surface area (Å²) in [6.45, 7) is 2.86. The molecule has 0 radical (unpaired) electrons. The molecular formula is C16H16N2O2S. The lowest BCUT2D eigenvalue weighted by Gasteiger charge is -2.02. The third-order valence-corrected chi connectivity index (χ3v) is 4.92. The number of anilines is 1. The molecule has 21 heavy (non-hydrogen) atoms. The van der Waals surface area contributed by atoms with Crippen molar-refractivity contribution in [2.24, 2.45) is 11.8 Å². The number of ether oxygens (including phenoxy) is 1. The summed E-state index contributed by atoms with van der Waals surface area (Å²) in [7, 11) is 0. The molecule has 1 amide bonds. The van der Waals surface area contributed by atoms with Crippen LogP contribution in [-0.2, 0) is 11.2 Å². The van der Waals surface area contributed by atoms with E-state index in [1.54, 1.807) is 0 Å². The van der Waals surface area contributed by atoms with E-state index in [0.29, 0.717) is 11.0 Å². The number of nitrogens with one attached hydrogen (secondary N) is 1. The second-order valence-electron chi connectivity index (χ2n) is 5.77. The van der Waals surface area contributed by atoms with Gasteiger partial charge in [0.15, 0.2) is 5.13 Å². The number of carbonyl (C=O) groups excluding carboxylic acids is 1. The highest BCUT2D eigenvalue weighted by atomic mass is 32.1. The van der Waals surface area contributed by atoms with Crippen molar-refractivity contribution in [1.29, 1.82) is 0 Å². The molecule has 2 aromatic rings. The molecule has 2 aliphatic rings. The minimum absolute atomic E-state index is 0.103. The van der Waals surface area contributed by atoms with Crippen LogP contribution in [0.2, 0.25) is 0 Å². The molecule has 1 fully saturated rings. The Morgan fingerprint density at radius 3 is 3.14 bits per heavy atom. The zero-order valence-corrected chi connectivity index (χ0v) is 12.6. The van der Waals surface area contributed by atoms with Crippen molar-refractivity contribution < 1.29 is 9.53 Å². The van der Waals surface area contributed by atoms with Crippen LogP contribution in [0.1, 0.15) is 18.9 Å². The molecule has 0 bridgehead atoms. The van der Waals surface area contributed by atoms with Gasteiger partial charge in [-0.1, -0.05) is 6.92 Å². The average Bonchev–Trinajstić information content (AvgIpc) is 2.92. The largest absolute Gasteiger partial charge is 0.493 e. The number of aromatic nitrogens is 1. The molecule has 1 aromatic carbocycles. The molecule has 4 nitrogen and oxygen atoms in total. The number of hydrogen-bond donors (Lipinski definition) is 1. The molecule has 2 atom stereocenters. The highest BCUT2D eigenvalue weighted by Gasteiger charge is 2.39. The molecule has 1 aromatic heterocycles. The number of benzene rings is 1. The van der Waals surface area contributed by atoms with Crippen LogP contribution in [0.3, 0.4) is 0 Å². The lowest BCUT2D eigenvalue weighted by molar-refractivity contribution is -0.117. The zero-order valence-electron chi connectivity index (χ0n) is 11.8. The van der Waals surface area contributed by atoms with Gasteiger partial charge in [0.1, 0.15) is 5.75 Å². The first kappa shape index (κ1) is 12.8. The first-order valence-corrected chi connectivity index (χ1v) is 8.11. The topological polar surface area (TPSA) is 51.2 Å². The van der Waals surface area contributed by atoms with Crippen LogP contribution >= 0.6 is 11.3 Å². The number of carbonyl (C=O) groups is 1. The van der Waals surface area contributed by atoms with Gasteiger partial charge in [-0.25, -0.2) is 4.98 Å². The lowest BCUT2D eigenvalue weighted by Crippen LogP contribution is -2.14. The molecule has 108 valence electrons. The van der Waals surface area contributed by atoms with Crippen molar-refractivity contribution in [1.82, 2.24) is 4.98 Å². The van der Waals surface area contributed by atoms with Crippen molar-refractivity contribution in [3.8, 4) is 17.0 Å². The summed E-state index contributed by atoms with van der Waals surface area (Å²) in [4.78, 5) is 16.5. The third kappa shape index (κ3) is 2.42. The summed E-state index contributed by atoms with van der Waals surface area (Å²) in [5.74, 6) is 1.77. The summed E-state index contributed by atoms with van der Waals surface area (Å²) in [5, 5.41) is 5.60. The fraction of sp³-hybridized carbons (Fsp3) is 0.375. The molecule has 4 rings (SSSR count). The lowest BCUT2D eigenvalue weighted by atomic mass is 10.1. The Kier molecular flexibility index (Phi) is 2.96. The van der Waals surface area contributed by atoms with E-state index in [1.807, 2.05) is 17.5 Å². The van der Waals surface area contributed by atoms with Crippen molar-refractivity contribution in [3.63, 3.8) is 0 Å². The van der Waals surface area contributed by atoms with E-state index >= 15 is 0 Å². The van der Waals surface area contributed by atoms with Crippen LogP contribution < -0.4 is 10.1 Å². The summed E-state index contributed by atoms with van der Waals surface area (Å²) in [6, 6.07) is 6.15. The second kappa shape index (κ2) is 4.84. The van der Waals surface area contributed by atoms with Crippen molar-refractivity contribution in [2.75, 3.05) is 11.9 Å². The van der Waals surface area contributed by atoms with Crippen LogP contribution in [0.25, 0.3) is 11.3 Å². The smallest absolute Gasteiger partial charge is 0.229 e. The minimum atomic E-state index is 0.103. The Hall–Kier alpha value is -1.88. The highest BCUT2D eigenvalue weighted by molar-refractivity contribution is 7.14. The van der Waals surface area contributed by atoms with Gasteiger partial charge in [0.05, 0.1) is 12.3 Å². The summed E-state index contributed by atoms with van der Waals surface area (Å²) in [5.41, 5.74) is 3.22. The van der Waals surface area contributed by atoms with Gasteiger partial charge in [-0.15, -0.1) is 11.3 Å². The number of hydrogen-bond acceptors (Lipinski definition) is 4. The van der Waals surface area contributed by atoms with Crippen LogP contribution in [0.4, 0.5) is 5.13 Å². The predicted octanol–water partition coefficient (Wildman–Crippen LogP) is 3.34. The van der Waals surface area contributed by atoms with Gasteiger partial charge in [-0.2, -0.15) is 0 Å². The molecule has 0 saturated heterocycles. The van der Waals surface area contributed by atoms with E-state index in [9.17, 15) is 4.79 Å². The molecule has 5 heteroatoms. The Balaban J connectivity index is 1.52. The van der Waals surface area contributed by atoms with Crippen LogP contribution in [0.5, 0.6) is 5.75 Å². The Bertz CT molecular complexity index is 710. The number of fused-ring (bicyclic) bond motifs is 1. The first-order chi connectivity index (χ1) is 10.2. The molecular weight excluding hydrogens is 284 g/mol. The van der Waals surface area contributed by atoms with Gasteiger partial charge in [0, 0.05) is 23.3 Å². The molecule has 1 saturated carbocycles. The maximum Gasteiger partial charge on any atom is 0.229 e. The van der Waals surface area contributed by atoms with Gasteiger partial charge >= 0.3 is 0 Å². The molecule has 1 aliphatic heterocycles. The SMILES string of the molecule is CC1CC1C(=O)Nc1nc(-c2ccc3c(c2)CCO3)cs1. The fourth-order valence-corrected chi connectivity index (χ4v) is 3.42. The van der Waals surface area contributed by atoms with Crippen LogP contribution in [0.15, 0.2) is 23.6 Å². The van der Waals surface area contributed by atoms with Gasteiger partial charge in [-0.05, 0) is 36.1 Å². The molecule has 2 heterocycles. The van der Waals surface area contributed by atoms with Gasteiger partial charge in [0.25, 0.3) is 0 Å². The minimum Gasteiger partial charge on any atom is -0.493 e. The second-order valence-corrected chi connectivity index (χ2v) is 6.63. The molecule has 2 unspecified atom stereocenters. The predicted molar refractivity (Wildman–Crippen MR) is 82.6 cm³/mol. The zero-order chi connectivity index (χ0) is 14.4. The normalized spacial score (nSPS) is 22.5. The van der Waals surface area contributed by atoms with Gasteiger partial charge in [-0.3, -0.25) is 4.79 Å². The Morgan fingerprint density at radius 1 is 1.48 bits per heavy atom. The van der Waals surface area contributed by atoms with E-state index in [-0.39, 0.29) is 11.8 Å². The highest BCUT2D eigenvalue weighted by Crippen LogP contribution is 2.39. The van der Waals surface area contributed by atoms with E-state index in [0.717, 1.165) is 36.5 Å². The maximum absolute atomic E-state index is 11.9. The first-order valence-electron chi connectivity index (χ1n) is 7.23. The van der Waals surface area contributed by atoms with E-state index in [4.69, 9.17) is 4.74 Å². The fourth-order valence-electron chi connectivity index (χ4n) is 2.70. The Labute approximate surface area is 127 Å². The molecule has 1 N–H and O–H groups in total. The molecule has 0 spiro atoms. The van der Waals surface area contributed by atoms with Gasteiger partial charge in [0.2, 0.25) is 5.91 Å². The van der Waals surface area contributed by atoms with Crippen molar-refractivity contribution >= 4 is 22.4 Å². The summed E-state index contributed by atoms with van der Waals surface area (Å²) >= 11 is 1.48.